The third-order valence-electron chi connectivity index (χ3n) is 3.52. The van der Waals surface area contributed by atoms with Gasteiger partial charge >= 0.3 is 8.80 Å². The molecule has 0 fully saturated rings. The van der Waals surface area contributed by atoms with E-state index in [-0.39, 0.29) is 11.3 Å². The molecule has 5 nitrogen and oxygen atoms in total. The fourth-order valence-corrected chi connectivity index (χ4v) is 6.10. The summed E-state index contributed by atoms with van der Waals surface area (Å²) in [6, 6.07) is 2.72. The van der Waals surface area contributed by atoms with Gasteiger partial charge in [-0.25, -0.2) is 0 Å². The lowest BCUT2D eigenvalue weighted by atomic mass is 10.1. The fourth-order valence-electron chi connectivity index (χ4n) is 2.54. The summed E-state index contributed by atoms with van der Waals surface area (Å²) >= 11 is 1.49. The summed E-state index contributed by atoms with van der Waals surface area (Å²) in [5.74, 6) is 0.0805. The topological polar surface area (TPSA) is 57.1 Å². The molecule has 0 saturated carbocycles. The van der Waals surface area contributed by atoms with Crippen molar-refractivity contribution in [3.05, 3.63) is 21.4 Å². The highest BCUT2D eigenvalue weighted by Crippen LogP contribution is 2.27. The zero-order chi connectivity index (χ0) is 19.8. The Balaban J connectivity index is 3.04. The van der Waals surface area contributed by atoms with E-state index in [0.29, 0.717) is 32.3 Å². The lowest BCUT2D eigenvalue weighted by Crippen LogP contribution is -2.46. The Morgan fingerprint density at radius 1 is 1.15 bits per heavy atom. The maximum absolute atomic E-state index is 12.1. The number of rotatable bonds is 11. The number of carbonyl (C=O) groups excluding carboxylic acids is 1. The molecule has 0 atom stereocenters. The normalized spacial score (nSPS) is 12.9. The molecule has 148 valence electrons. The number of carbonyl (C=O) groups is 1. The molecule has 1 rings (SSSR count). The lowest BCUT2D eigenvalue weighted by Gasteiger charge is -2.28. The summed E-state index contributed by atoms with van der Waals surface area (Å²) in [5.41, 5.74) is 0.885. The van der Waals surface area contributed by atoms with Crippen LogP contribution in [0.4, 0.5) is 0 Å². The van der Waals surface area contributed by atoms with Crippen molar-refractivity contribution in [3.63, 3.8) is 0 Å². The van der Waals surface area contributed by atoms with Crippen LogP contribution in [0.2, 0.25) is 6.04 Å². The van der Waals surface area contributed by atoms with E-state index in [1.165, 1.54) is 11.3 Å². The van der Waals surface area contributed by atoms with E-state index in [2.05, 4.69) is 31.8 Å². The van der Waals surface area contributed by atoms with Crippen LogP contribution in [-0.2, 0) is 19.7 Å². The van der Waals surface area contributed by atoms with Gasteiger partial charge in [0.2, 0.25) is 0 Å². The average Bonchev–Trinajstić information content (AvgIpc) is 2.95. The Morgan fingerprint density at radius 2 is 1.69 bits per heavy atom. The number of Topliss-reactive ketones (excluding diaryl/α,β-unsaturated/α-hetero) is 1. The Kier molecular flexibility index (Phi) is 9.33. The van der Waals surface area contributed by atoms with E-state index in [1.54, 1.807) is 6.92 Å². The van der Waals surface area contributed by atoms with Gasteiger partial charge in [0.1, 0.15) is 0 Å². The maximum Gasteiger partial charge on any atom is 0.501 e. The molecule has 1 aromatic heterocycles. The first-order valence-electron chi connectivity index (χ1n) is 9.27. The molecule has 0 unspecified atom stereocenters. The summed E-state index contributed by atoms with van der Waals surface area (Å²) in [4.78, 5) is 18.4. The summed E-state index contributed by atoms with van der Waals surface area (Å²) in [6.45, 7) is 15.3. The second-order valence-electron chi connectivity index (χ2n) is 6.97. The molecule has 1 aromatic rings. The first kappa shape index (κ1) is 23.2. The molecule has 7 heteroatoms. The van der Waals surface area contributed by atoms with Gasteiger partial charge in [0, 0.05) is 37.0 Å². The summed E-state index contributed by atoms with van der Waals surface area (Å²) in [7, 11) is -2.72. The van der Waals surface area contributed by atoms with E-state index in [4.69, 9.17) is 13.3 Å². The first-order valence-corrected chi connectivity index (χ1v) is 12.0. The molecule has 0 aliphatic heterocycles. The van der Waals surface area contributed by atoms with E-state index in [0.717, 1.165) is 15.3 Å². The Labute approximate surface area is 163 Å². The van der Waals surface area contributed by atoms with E-state index in [1.807, 2.05) is 27.0 Å². The second-order valence-corrected chi connectivity index (χ2v) is 10.8. The summed E-state index contributed by atoms with van der Waals surface area (Å²) in [5, 5.41) is 0. The van der Waals surface area contributed by atoms with E-state index in [9.17, 15) is 4.79 Å². The van der Waals surface area contributed by atoms with Crippen LogP contribution in [0.15, 0.2) is 11.1 Å². The molecule has 26 heavy (non-hydrogen) atoms. The Morgan fingerprint density at radius 3 is 2.12 bits per heavy atom. The monoisotopic (exact) mass is 399 g/mol. The van der Waals surface area contributed by atoms with Crippen molar-refractivity contribution in [2.75, 3.05) is 19.8 Å². The zero-order valence-electron chi connectivity index (χ0n) is 17.2. The standard InChI is InChI=1S/C19H33NO4SSi/c1-8-22-26(23-9-2,24-10-3)12-11-16-13-17(14-20-19(5,6)7)25-18(16)15(4)21/h13-14H,8-12H2,1-7H3. The van der Waals surface area contributed by atoms with Gasteiger partial charge < -0.3 is 13.3 Å². The minimum atomic E-state index is -2.72. The molecule has 0 amide bonds. The van der Waals surface area contributed by atoms with Gasteiger partial charge in [-0.3, -0.25) is 9.79 Å². The van der Waals surface area contributed by atoms with Gasteiger partial charge in [0.05, 0.1) is 10.4 Å². The van der Waals surface area contributed by atoms with Crippen molar-refractivity contribution in [1.29, 1.82) is 0 Å². The molecule has 0 N–H and O–H groups in total. The van der Waals surface area contributed by atoms with Gasteiger partial charge in [-0.1, -0.05) is 0 Å². The van der Waals surface area contributed by atoms with Crippen LogP contribution in [0.1, 0.15) is 68.6 Å². The number of nitrogens with zero attached hydrogens (tertiary/aromatic N) is 1. The van der Waals surface area contributed by atoms with Crippen molar-refractivity contribution in [3.8, 4) is 0 Å². The number of hydrogen-bond donors (Lipinski definition) is 0. The van der Waals surface area contributed by atoms with Crippen molar-refractivity contribution in [1.82, 2.24) is 0 Å². The highest BCUT2D eigenvalue weighted by atomic mass is 32.1. The molecule has 0 spiro atoms. The molecule has 0 aromatic carbocycles. The highest BCUT2D eigenvalue weighted by Gasteiger charge is 2.40. The quantitative estimate of drug-likeness (QED) is 0.306. The number of ketones is 1. The van der Waals surface area contributed by atoms with Crippen molar-refractivity contribution in [2.24, 2.45) is 4.99 Å². The highest BCUT2D eigenvalue weighted by molar-refractivity contribution is 7.15. The van der Waals surface area contributed by atoms with Crippen LogP contribution in [0, 0.1) is 0 Å². The summed E-state index contributed by atoms with van der Waals surface area (Å²) < 4.78 is 17.8. The van der Waals surface area contributed by atoms with Crippen molar-refractivity contribution < 1.29 is 18.1 Å². The second kappa shape index (κ2) is 10.5. The first-order chi connectivity index (χ1) is 12.2. The van der Waals surface area contributed by atoms with Crippen LogP contribution >= 0.6 is 11.3 Å². The lowest BCUT2D eigenvalue weighted by molar-refractivity contribution is 0.0713. The molecule has 0 radical (unpaired) electrons. The van der Waals surface area contributed by atoms with Crippen LogP contribution in [0.25, 0.3) is 0 Å². The van der Waals surface area contributed by atoms with Crippen molar-refractivity contribution in [2.45, 2.75) is 66.5 Å². The van der Waals surface area contributed by atoms with E-state index < -0.39 is 8.80 Å². The van der Waals surface area contributed by atoms with Gasteiger partial charge in [-0.2, -0.15) is 0 Å². The number of aryl methyl sites for hydroxylation is 1. The predicted molar refractivity (Wildman–Crippen MR) is 111 cm³/mol. The van der Waals surface area contributed by atoms with E-state index >= 15 is 0 Å². The van der Waals surface area contributed by atoms with Gasteiger partial charge in [0.25, 0.3) is 0 Å². The summed E-state index contributed by atoms with van der Waals surface area (Å²) in [6.07, 6.45) is 2.56. The molecule has 1 heterocycles. The molecular formula is C19H33NO4SSi. The van der Waals surface area contributed by atoms with Crippen LogP contribution in [0.3, 0.4) is 0 Å². The van der Waals surface area contributed by atoms with Crippen molar-refractivity contribution >= 4 is 32.1 Å². The smallest absolute Gasteiger partial charge is 0.374 e. The minimum absolute atomic E-state index is 0.0805. The molecular weight excluding hydrogens is 366 g/mol. The SMILES string of the molecule is CCO[Si](CCc1cc(C=NC(C)(C)C)sc1C(C)=O)(OCC)OCC. The van der Waals surface area contributed by atoms with Gasteiger partial charge in [-0.05, 0) is 66.5 Å². The van der Waals surface area contributed by atoms with Gasteiger partial charge in [0.15, 0.2) is 5.78 Å². The molecule has 0 saturated heterocycles. The van der Waals surface area contributed by atoms with Crippen LogP contribution in [0.5, 0.6) is 0 Å². The number of hydrogen-bond acceptors (Lipinski definition) is 6. The maximum atomic E-state index is 12.1. The Bertz CT molecular complexity index is 590. The largest absolute Gasteiger partial charge is 0.501 e. The van der Waals surface area contributed by atoms with Crippen LogP contribution < -0.4 is 0 Å². The number of aliphatic imine (C=N–C) groups is 1. The van der Waals surface area contributed by atoms with Gasteiger partial charge in [-0.15, -0.1) is 11.3 Å². The minimum Gasteiger partial charge on any atom is -0.374 e. The Hall–Kier alpha value is -0.863. The molecule has 0 bridgehead atoms. The molecule has 0 aliphatic rings. The third-order valence-corrected chi connectivity index (χ3v) is 7.78. The van der Waals surface area contributed by atoms with Crippen LogP contribution in [-0.4, -0.2) is 46.2 Å². The zero-order valence-corrected chi connectivity index (χ0v) is 19.0. The number of thiophene rings is 1. The fraction of sp³-hybridized carbons (Fsp3) is 0.684. The predicted octanol–water partition coefficient (Wildman–Crippen LogP) is 4.76. The average molecular weight is 400 g/mol. The third kappa shape index (κ3) is 7.40. The molecule has 0 aliphatic carbocycles.